The average molecular weight is 2740 g/mol. The fourth-order valence-electron chi connectivity index (χ4n) is 18.1. The van der Waals surface area contributed by atoms with Crippen LogP contribution >= 0.6 is 0 Å². The maximum Gasteiger partial charge on any atom is 0.180 e. The topological polar surface area (TPSA) is 219 Å². The molecule has 0 aliphatic rings. The molecule has 0 saturated heterocycles. The molecule has 141 heavy (non-hydrogen) atoms. The van der Waals surface area contributed by atoms with Crippen molar-refractivity contribution in [3.8, 4) is 119 Å². The molecule has 0 bridgehead atoms. The summed E-state index contributed by atoms with van der Waals surface area (Å²) in [5.41, 5.74) is 36.1. The van der Waals surface area contributed by atoms with Crippen LogP contribution < -0.4 is 0 Å². The number of para-hydroxylation sites is 3. The molecule has 13 aromatic carbocycles. The first-order valence-corrected chi connectivity index (χ1v) is 45.3. The molecule has 0 N–H and O–H groups in total. The zero-order valence-electron chi connectivity index (χ0n) is 80.3. The maximum atomic E-state index is 5.77. The Morgan fingerprint density at radius 2 is 0.489 bits per heavy atom. The van der Waals surface area contributed by atoms with Gasteiger partial charge in [0.05, 0.1) is 62.7 Å². The Balaban J connectivity index is 0.000000140. The molecule has 10 heterocycles. The first-order chi connectivity index (χ1) is 66.0. The van der Waals surface area contributed by atoms with Gasteiger partial charge in [-0.3, -0.25) is 49.8 Å². The molecular weight excluding hydrogens is 2640 g/mol. The molecule has 5 radical (unpaired) electrons. The van der Waals surface area contributed by atoms with Gasteiger partial charge in [0.2, 0.25) is 0 Å². The normalized spacial score (nSPS) is 11.0. The summed E-state index contributed by atoms with van der Waals surface area (Å²) < 4.78 is 39.1. The third-order valence-corrected chi connectivity index (χ3v) is 24.0. The number of benzene rings is 13. The first-order valence-electron chi connectivity index (χ1n) is 45.3. The minimum atomic E-state index is 0. The number of hydrogen-bond donors (Lipinski definition) is 0. The van der Waals surface area contributed by atoms with Crippen LogP contribution in [0.5, 0.6) is 0 Å². The number of hydrogen-bond acceptors (Lipinski definition) is 15. The fraction of sp³-hybridized carbons (Fsp3) is 0.155. The van der Waals surface area contributed by atoms with Gasteiger partial charge in [0.1, 0.15) is 0 Å². The van der Waals surface area contributed by atoms with Crippen molar-refractivity contribution in [2.24, 2.45) is 0 Å². The van der Waals surface area contributed by atoms with Crippen LogP contribution in [-0.4, -0.2) is 72.7 Å². The van der Waals surface area contributed by atoms with Gasteiger partial charge in [0, 0.05) is 259 Å². The van der Waals surface area contributed by atoms with Crippen LogP contribution in [0.1, 0.15) is 119 Å². The van der Waals surface area contributed by atoms with E-state index in [0.29, 0.717) is 41.3 Å². The Morgan fingerprint density at radius 1 is 0.241 bits per heavy atom. The number of oxazole rings is 5. The van der Waals surface area contributed by atoms with Gasteiger partial charge in [0.15, 0.2) is 29.5 Å². The van der Waals surface area contributed by atoms with Crippen LogP contribution in [0.25, 0.3) is 174 Å². The molecule has 0 atom stereocenters. The van der Waals surface area contributed by atoms with Crippen molar-refractivity contribution in [3.63, 3.8) is 0 Å². The number of nitrogens with zero attached hydrogens (tertiary/aromatic N) is 15. The second-order valence-electron chi connectivity index (χ2n) is 34.6. The molecule has 0 aliphatic heterocycles. The monoisotopic (exact) mass is 2750 g/mol. The molecule has 23 rings (SSSR count). The molecule has 717 valence electrons. The average Bonchev–Trinajstić information content (AvgIpc) is 1.69. The van der Waals surface area contributed by atoms with Gasteiger partial charge >= 0.3 is 0 Å². The van der Waals surface area contributed by atoms with E-state index in [1.807, 2.05) is 175 Å². The number of imidazole rings is 5. The Kier molecular flexibility index (Phi) is 33.0. The maximum absolute atomic E-state index is 5.77. The van der Waals surface area contributed by atoms with E-state index in [0.717, 1.165) is 157 Å². The largest absolute Gasteiger partial charge is 0.461 e. The van der Waals surface area contributed by atoms with E-state index in [1.54, 1.807) is 0 Å². The van der Waals surface area contributed by atoms with E-state index in [9.17, 15) is 0 Å². The van der Waals surface area contributed by atoms with E-state index in [1.165, 1.54) is 66.9 Å². The third kappa shape index (κ3) is 21.9. The van der Waals surface area contributed by atoms with Crippen molar-refractivity contribution >= 4 is 55.5 Å². The minimum absolute atomic E-state index is 0. The van der Waals surface area contributed by atoms with Crippen LogP contribution in [-0.2, 0) is 101 Å². The first kappa shape index (κ1) is 103. The van der Waals surface area contributed by atoms with E-state index in [4.69, 9.17) is 27.1 Å². The van der Waals surface area contributed by atoms with Gasteiger partial charge in [-0.2, -0.15) is 0 Å². The Morgan fingerprint density at radius 3 is 0.780 bits per heavy atom. The zero-order valence-corrected chi connectivity index (χ0v) is 92.3. The van der Waals surface area contributed by atoms with E-state index < -0.39 is 0 Å². The minimum Gasteiger partial charge on any atom is -0.461 e. The van der Waals surface area contributed by atoms with Crippen LogP contribution in [0.3, 0.4) is 0 Å². The van der Waals surface area contributed by atoms with Crippen molar-refractivity contribution < 1.29 is 123 Å². The second-order valence-corrected chi connectivity index (χ2v) is 34.6. The number of rotatable bonds is 15. The Hall–Kier alpha value is -13.5. The predicted molar refractivity (Wildman–Crippen MR) is 538 cm³/mol. The van der Waals surface area contributed by atoms with Crippen molar-refractivity contribution in [1.29, 1.82) is 0 Å². The van der Waals surface area contributed by atoms with Crippen molar-refractivity contribution in [1.82, 2.24) is 72.7 Å². The third-order valence-electron chi connectivity index (χ3n) is 24.0. The zero-order chi connectivity index (χ0) is 94.1. The van der Waals surface area contributed by atoms with Gasteiger partial charge in [-0.05, 0) is 139 Å². The summed E-state index contributed by atoms with van der Waals surface area (Å²) in [6.07, 6.45) is 19.1. The second kappa shape index (κ2) is 45.0. The summed E-state index contributed by atoms with van der Waals surface area (Å²) in [4.78, 5) is 44.8. The Bertz CT molecular complexity index is 8170. The smallest absolute Gasteiger partial charge is 0.180 e. The molecule has 0 spiro atoms. The number of aryl methyl sites for hydroxylation is 12. The quantitative estimate of drug-likeness (QED) is 0.0871. The number of aromatic nitrogens is 15. The van der Waals surface area contributed by atoms with Crippen LogP contribution in [0.4, 0.5) is 0 Å². The summed E-state index contributed by atoms with van der Waals surface area (Å²) >= 11 is 0. The van der Waals surface area contributed by atoms with Gasteiger partial charge in [-0.25, -0.2) is 0 Å². The predicted octanol–water partition coefficient (Wildman–Crippen LogP) is 28.3. The molecule has 0 unspecified atom stereocenters. The summed E-state index contributed by atoms with van der Waals surface area (Å²) in [6.45, 7) is 33.1. The Labute approximate surface area is 886 Å². The molecule has 23 aromatic rings. The molecule has 25 heteroatoms. The van der Waals surface area contributed by atoms with E-state index in [-0.39, 0.29) is 101 Å². The molecule has 10 aromatic heterocycles. The van der Waals surface area contributed by atoms with Crippen molar-refractivity contribution in [3.05, 3.63) is 402 Å². The van der Waals surface area contributed by atoms with Crippen LogP contribution in [0, 0.1) is 113 Å². The van der Waals surface area contributed by atoms with Crippen molar-refractivity contribution in [2.45, 2.75) is 123 Å². The standard InChI is InChI=1S/C29H20N3O.C25H20N3O.C23H24N3O.C20H18N3O.C19H16N3O.5Ir/c1-20-31-26-16-15-23(19-27(26)33-20)29-30-17-18-32(29)28-24(21-9-4-2-5-10-21)13-8-14-25(28)22-11-6-3-7-12-22;1-16-13-21(19-7-5-4-6-8-19)14-17(2)24(16)28-12-11-26-25(28)20-9-10-22-23(15-20)29-18(3)27-22;1-14(2)18-7-6-8-19(15(3)4)22(18)26-12-11-24-23(26)17-9-10-20-21(13-17)27-16(5)25-20;1-12-9-13(2)19(14(3)10-12)23-8-7-21-20(23)16-5-6-17-18(11-16)24-15(4)22-17;1-12-5-4-6-13(2)18(12)22-10-9-20-19(22)15-7-8-16-17(11-15)23-14(3)21-16;;;;;/h2-14,16-19H,1H3;4-8,10-15H,1-3H3;6-8,10-15H,1-5H3;6-11H,1-4H3;4-6,8-11H,1-3H3;;;;;/q5*-1;;;;;. The van der Waals surface area contributed by atoms with Crippen molar-refractivity contribution in [2.75, 3.05) is 0 Å². The molecule has 0 fully saturated rings. The molecular formula is C116H98Ir5N15O5-5. The molecule has 0 amide bonds. The van der Waals surface area contributed by atoms with Crippen LogP contribution in [0.2, 0.25) is 0 Å². The summed E-state index contributed by atoms with van der Waals surface area (Å²) in [5.74, 6) is 8.27. The summed E-state index contributed by atoms with van der Waals surface area (Å²) in [7, 11) is 0. The number of fused-ring (bicyclic) bond motifs is 5. The van der Waals surface area contributed by atoms with Gasteiger partial charge in [-0.1, -0.05) is 221 Å². The van der Waals surface area contributed by atoms with Gasteiger partial charge < -0.3 is 44.9 Å². The molecule has 0 aliphatic carbocycles. The van der Waals surface area contributed by atoms with Gasteiger partial charge in [0.25, 0.3) is 0 Å². The SMILES string of the molecule is Cc1cc(C)c(-n2ccnc2-c2[c-]cc3nc(C)oc3c2)c(C)c1.Cc1nc2c[c-]c(-c3nccn3-c3c(-c4ccccc4)cccc3-c3ccccc3)cc2o1.Cc1nc2c[c-]c(-c3nccn3-c3c(C(C)C)cccc3C(C)C)cc2o1.Cc1nc2c[c-]c(-c3nccn3-c3c(C)cc(-c4ccccc4)cc3C)cc2o1.Cc1nc2c[c-]c(-c3nccn3-c3c(C)cccc3C)cc2o1.[Ir].[Ir].[Ir].[Ir].[Ir]. The summed E-state index contributed by atoms with van der Waals surface area (Å²) in [5, 5.41) is 0. The summed E-state index contributed by atoms with van der Waals surface area (Å²) in [6, 6.07) is 95.1. The fourth-order valence-corrected chi connectivity index (χ4v) is 18.1. The van der Waals surface area contributed by atoms with E-state index >= 15 is 0 Å². The van der Waals surface area contributed by atoms with Crippen LogP contribution in [0.15, 0.2) is 315 Å². The van der Waals surface area contributed by atoms with E-state index in [2.05, 4.69) is 326 Å². The molecule has 0 saturated carbocycles. The van der Waals surface area contributed by atoms with Gasteiger partial charge in [-0.15, -0.1) is 88.5 Å². The molecule has 20 nitrogen and oxygen atoms in total.